The molecule has 17 heavy (non-hydrogen) atoms. The maximum Gasteiger partial charge on any atom is 0.180 e. The summed E-state index contributed by atoms with van der Waals surface area (Å²) < 4.78 is 5.50. The number of hydrogen-bond acceptors (Lipinski definition) is 5. The number of methoxy groups -OCH3 is 1. The van der Waals surface area contributed by atoms with Crippen molar-refractivity contribution in [1.29, 1.82) is 0 Å². The molecular weight excluding hydrogens is 258 g/mol. The summed E-state index contributed by atoms with van der Waals surface area (Å²) in [5.41, 5.74) is 5.60. The normalized spacial score (nSPS) is 24.3. The van der Waals surface area contributed by atoms with Gasteiger partial charge in [-0.05, 0) is 12.8 Å². The Morgan fingerprint density at radius 2 is 2.29 bits per heavy atom. The van der Waals surface area contributed by atoms with Crippen LogP contribution in [0.4, 0.5) is 5.13 Å². The van der Waals surface area contributed by atoms with Gasteiger partial charge in [-0.2, -0.15) is 0 Å². The zero-order valence-electron chi connectivity index (χ0n) is 10.0. The molecule has 1 aliphatic rings. The third-order valence-electron chi connectivity index (χ3n) is 3.12. The number of nitrogens with zero attached hydrogens (tertiary/aromatic N) is 1. The number of ether oxygens (including phenoxy) is 1. The predicted molar refractivity (Wildman–Crippen MR) is 73.7 cm³/mol. The van der Waals surface area contributed by atoms with Crippen LogP contribution in [0.2, 0.25) is 0 Å². The lowest BCUT2D eigenvalue weighted by Crippen LogP contribution is -2.42. The first-order valence-corrected chi connectivity index (χ1v) is 6.57. The van der Waals surface area contributed by atoms with Crippen LogP contribution in [0.1, 0.15) is 30.6 Å². The molecule has 2 rings (SSSR count). The standard InChI is InChI=1S/C11H19N3OS.ClH/c1-15-10-5-3-2-4-9(10)13-6-8-7-14-11(12)16-8;/h7,9-10,13H,2-6H2,1H3,(H2,12,14);1H/t9-,10-;/m1./s1. The zero-order chi connectivity index (χ0) is 11.4. The molecule has 1 aromatic heterocycles. The first-order chi connectivity index (χ1) is 7.79. The summed E-state index contributed by atoms with van der Waals surface area (Å²) >= 11 is 1.55. The van der Waals surface area contributed by atoms with E-state index in [-0.39, 0.29) is 12.4 Å². The second-order valence-electron chi connectivity index (χ2n) is 4.21. The van der Waals surface area contributed by atoms with Gasteiger partial charge in [0.25, 0.3) is 0 Å². The highest BCUT2D eigenvalue weighted by molar-refractivity contribution is 7.15. The average molecular weight is 278 g/mol. The fourth-order valence-corrected chi connectivity index (χ4v) is 2.88. The molecule has 0 unspecified atom stereocenters. The van der Waals surface area contributed by atoms with E-state index in [1.165, 1.54) is 30.6 Å². The zero-order valence-corrected chi connectivity index (χ0v) is 11.6. The van der Waals surface area contributed by atoms with Crippen molar-refractivity contribution in [3.63, 3.8) is 0 Å². The number of thiazole rings is 1. The van der Waals surface area contributed by atoms with Crippen molar-refractivity contribution >= 4 is 28.9 Å². The van der Waals surface area contributed by atoms with Gasteiger partial charge in [0.05, 0.1) is 6.10 Å². The Labute approximate surface area is 112 Å². The number of nitrogens with one attached hydrogen (secondary N) is 1. The smallest absolute Gasteiger partial charge is 0.180 e. The number of hydrogen-bond donors (Lipinski definition) is 2. The molecule has 2 atom stereocenters. The van der Waals surface area contributed by atoms with E-state index in [1.54, 1.807) is 18.4 Å². The maximum atomic E-state index is 5.60. The van der Waals surface area contributed by atoms with E-state index in [1.807, 2.05) is 6.20 Å². The molecule has 0 aliphatic heterocycles. The first kappa shape index (κ1) is 14.7. The highest BCUT2D eigenvalue weighted by Crippen LogP contribution is 2.22. The predicted octanol–water partition coefficient (Wildman–Crippen LogP) is 2.19. The van der Waals surface area contributed by atoms with E-state index in [2.05, 4.69) is 10.3 Å². The number of nitrogens with two attached hydrogens (primary N) is 1. The molecule has 6 heteroatoms. The SMILES string of the molecule is CO[C@@H]1CCCC[C@H]1NCc1cnc(N)s1.Cl. The van der Waals surface area contributed by atoms with Gasteiger partial charge in [0.15, 0.2) is 5.13 Å². The number of aromatic nitrogens is 1. The molecule has 0 saturated heterocycles. The fraction of sp³-hybridized carbons (Fsp3) is 0.727. The number of halogens is 1. The second kappa shape index (κ2) is 7.16. The van der Waals surface area contributed by atoms with Crippen molar-refractivity contribution in [1.82, 2.24) is 10.3 Å². The molecule has 3 N–H and O–H groups in total. The quantitative estimate of drug-likeness (QED) is 0.886. The van der Waals surface area contributed by atoms with Crippen LogP contribution in [0.3, 0.4) is 0 Å². The van der Waals surface area contributed by atoms with Crippen molar-refractivity contribution in [3.05, 3.63) is 11.1 Å². The van der Waals surface area contributed by atoms with Crippen LogP contribution >= 0.6 is 23.7 Å². The van der Waals surface area contributed by atoms with Gasteiger partial charge in [-0.1, -0.05) is 12.8 Å². The summed E-state index contributed by atoms with van der Waals surface area (Å²) in [7, 11) is 1.80. The van der Waals surface area contributed by atoms with E-state index in [4.69, 9.17) is 10.5 Å². The van der Waals surface area contributed by atoms with Gasteiger partial charge in [-0.3, -0.25) is 0 Å². The molecule has 0 amide bonds. The minimum atomic E-state index is 0. The molecule has 1 aliphatic carbocycles. The second-order valence-corrected chi connectivity index (χ2v) is 5.36. The van der Waals surface area contributed by atoms with Crippen molar-refractivity contribution in [2.24, 2.45) is 0 Å². The molecule has 0 spiro atoms. The number of nitrogen functional groups attached to an aromatic ring is 1. The summed E-state index contributed by atoms with van der Waals surface area (Å²) in [5, 5.41) is 4.18. The Balaban J connectivity index is 0.00000144. The molecule has 1 fully saturated rings. The third-order valence-corrected chi connectivity index (χ3v) is 3.94. The van der Waals surface area contributed by atoms with Gasteiger partial charge >= 0.3 is 0 Å². The van der Waals surface area contributed by atoms with Crippen molar-refractivity contribution < 1.29 is 4.74 Å². The van der Waals surface area contributed by atoms with Crippen LogP contribution in [0.25, 0.3) is 0 Å². The van der Waals surface area contributed by atoms with Crippen molar-refractivity contribution in [2.75, 3.05) is 12.8 Å². The Bertz CT molecular complexity index is 334. The summed E-state index contributed by atoms with van der Waals surface area (Å²) in [6.45, 7) is 0.847. The maximum absolute atomic E-state index is 5.60. The fourth-order valence-electron chi connectivity index (χ4n) is 2.25. The topological polar surface area (TPSA) is 60.2 Å². The lowest BCUT2D eigenvalue weighted by Gasteiger charge is -2.31. The average Bonchev–Trinajstić information content (AvgIpc) is 2.73. The van der Waals surface area contributed by atoms with E-state index in [9.17, 15) is 0 Å². The molecule has 1 aromatic rings. The summed E-state index contributed by atoms with van der Waals surface area (Å²) in [6.07, 6.45) is 7.15. The Hall–Kier alpha value is -0.360. The summed E-state index contributed by atoms with van der Waals surface area (Å²) in [5.74, 6) is 0. The molecular formula is C11H20ClN3OS. The van der Waals surface area contributed by atoms with Crippen LogP contribution in [-0.4, -0.2) is 24.2 Å². The Kier molecular flexibility index (Phi) is 6.19. The van der Waals surface area contributed by atoms with Gasteiger partial charge in [0.1, 0.15) is 0 Å². The monoisotopic (exact) mass is 277 g/mol. The van der Waals surface area contributed by atoms with Crippen LogP contribution < -0.4 is 11.1 Å². The number of rotatable bonds is 4. The highest BCUT2D eigenvalue weighted by Gasteiger charge is 2.24. The highest BCUT2D eigenvalue weighted by atomic mass is 35.5. The van der Waals surface area contributed by atoms with E-state index < -0.39 is 0 Å². The lowest BCUT2D eigenvalue weighted by atomic mass is 9.92. The molecule has 1 saturated carbocycles. The minimum Gasteiger partial charge on any atom is -0.380 e. The molecule has 0 bridgehead atoms. The van der Waals surface area contributed by atoms with E-state index in [0.717, 1.165) is 6.54 Å². The Morgan fingerprint density at radius 1 is 1.53 bits per heavy atom. The van der Waals surface area contributed by atoms with Gasteiger partial charge in [0, 0.05) is 30.8 Å². The molecule has 98 valence electrons. The summed E-state index contributed by atoms with van der Waals surface area (Å²) in [6, 6.07) is 0.474. The number of anilines is 1. The molecule has 1 heterocycles. The summed E-state index contributed by atoms with van der Waals surface area (Å²) in [4.78, 5) is 5.24. The van der Waals surface area contributed by atoms with Crippen LogP contribution in [0, 0.1) is 0 Å². The van der Waals surface area contributed by atoms with Crippen molar-refractivity contribution in [3.8, 4) is 0 Å². The van der Waals surface area contributed by atoms with Gasteiger partial charge < -0.3 is 15.8 Å². The van der Waals surface area contributed by atoms with Gasteiger partial charge in [-0.25, -0.2) is 4.98 Å². The van der Waals surface area contributed by atoms with E-state index >= 15 is 0 Å². The van der Waals surface area contributed by atoms with Gasteiger partial charge in [0.2, 0.25) is 0 Å². The first-order valence-electron chi connectivity index (χ1n) is 5.76. The minimum absolute atomic E-state index is 0. The largest absolute Gasteiger partial charge is 0.380 e. The lowest BCUT2D eigenvalue weighted by molar-refractivity contribution is 0.0414. The molecule has 4 nitrogen and oxygen atoms in total. The van der Waals surface area contributed by atoms with Crippen LogP contribution in [0.15, 0.2) is 6.20 Å². The van der Waals surface area contributed by atoms with Crippen molar-refractivity contribution in [2.45, 2.75) is 44.4 Å². The Morgan fingerprint density at radius 3 is 2.94 bits per heavy atom. The van der Waals surface area contributed by atoms with E-state index in [0.29, 0.717) is 17.3 Å². The van der Waals surface area contributed by atoms with Gasteiger partial charge in [-0.15, -0.1) is 23.7 Å². The third kappa shape index (κ3) is 4.10. The molecule has 0 radical (unpaired) electrons. The molecule has 0 aromatic carbocycles. The van der Waals surface area contributed by atoms with Crippen LogP contribution in [0.5, 0.6) is 0 Å². The van der Waals surface area contributed by atoms with Crippen LogP contribution in [-0.2, 0) is 11.3 Å².